The summed E-state index contributed by atoms with van der Waals surface area (Å²) in [7, 11) is 0. The van der Waals surface area contributed by atoms with Crippen molar-refractivity contribution in [2.75, 3.05) is 4.90 Å². The summed E-state index contributed by atoms with van der Waals surface area (Å²) in [6, 6.07) is 7.88. The van der Waals surface area contributed by atoms with Gasteiger partial charge in [0.2, 0.25) is 11.8 Å². The van der Waals surface area contributed by atoms with E-state index >= 15 is 0 Å². The number of amides is 6. The second kappa shape index (κ2) is 8.86. The first-order valence-electron chi connectivity index (χ1n) is 12.2. The number of anilines is 1. The molecular weight excluding hydrogens is 632 g/mol. The number of urea groups is 1. The lowest BCUT2D eigenvalue weighted by atomic mass is 9.56. The highest BCUT2D eigenvalue weighted by Crippen LogP contribution is 2.66. The van der Waals surface area contributed by atoms with E-state index < -0.39 is 68.9 Å². The summed E-state index contributed by atoms with van der Waals surface area (Å²) in [6.07, 6.45) is 1.36. The molecule has 2 heterocycles. The van der Waals surface area contributed by atoms with Crippen LogP contribution in [-0.2, 0) is 19.2 Å². The zero-order valence-corrected chi connectivity index (χ0v) is 23.4. The molecule has 2 aliphatic carbocycles. The topological polar surface area (TPSA) is 138 Å². The van der Waals surface area contributed by atoms with Crippen molar-refractivity contribution >= 4 is 74.5 Å². The molecule has 6 atom stereocenters. The van der Waals surface area contributed by atoms with Gasteiger partial charge in [-0.15, -0.1) is 23.2 Å². The van der Waals surface area contributed by atoms with Gasteiger partial charge in [-0.2, -0.15) is 4.90 Å². The van der Waals surface area contributed by atoms with E-state index in [0.717, 1.165) is 17.0 Å². The molecule has 206 valence electrons. The van der Waals surface area contributed by atoms with E-state index in [0.29, 0.717) is 14.9 Å². The smallest absolute Gasteiger partial charge is 0.328 e. The van der Waals surface area contributed by atoms with Crippen molar-refractivity contribution in [2.45, 2.75) is 28.5 Å². The Morgan fingerprint density at radius 1 is 1.02 bits per heavy atom. The monoisotopic (exact) mass is 649 g/mol. The Hall–Kier alpha value is -3.28. The van der Waals surface area contributed by atoms with Gasteiger partial charge in [-0.25, -0.2) is 14.1 Å². The molecule has 6 amide bonds. The van der Waals surface area contributed by atoms with Crippen LogP contribution in [0.15, 0.2) is 58.6 Å². The van der Waals surface area contributed by atoms with Gasteiger partial charge in [-0.1, -0.05) is 27.6 Å². The molecular formula is C27H19BrCl2FN3O6. The summed E-state index contributed by atoms with van der Waals surface area (Å²) in [5, 5.41) is 11.0. The highest BCUT2D eigenvalue weighted by molar-refractivity contribution is 9.10. The molecule has 0 unspecified atom stereocenters. The second-order valence-electron chi connectivity index (χ2n) is 10.3. The molecule has 2 aliphatic heterocycles. The number of hydrogen-bond donors (Lipinski definition) is 2. The fraction of sp³-hybridized carbons (Fsp3) is 0.296. The van der Waals surface area contributed by atoms with Gasteiger partial charge in [0.25, 0.3) is 11.8 Å². The Bertz CT molecular complexity index is 1580. The predicted octanol–water partition coefficient (Wildman–Crippen LogP) is 3.94. The van der Waals surface area contributed by atoms with E-state index in [1.54, 1.807) is 12.1 Å². The average molecular weight is 651 g/mol. The number of allylic oxidation sites excluding steroid dienone is 2. The van der Waals surface area contributed by atoms with E-state index in [9.17, 15) is 33.5 Å². The fourth-order valence-electron chi connectivity index (χ4n) is 6.72. The number of phenols is 1. The minimum absolute atomic E-state index is 0.0299. The largest absolute Gasteiger partial charge is 0.508 e. The van der Waals surface area contributed by atoms with Gasteiger partial charge in [0.1, 0.15) is 11.6 Å². The number of likely N-dealkylation sites (tertiary alicyclic amines) is 1. The molecule has 3 N–H and O–H groups in total. The number of phenolic OH excluding ortho intramolecular Hbond substituents is 1. The number of nitrogens with zero attached hydrogens (tertiary/aromatic N) is 2. The van der Waals surface area contributed by atoms with Crippen molar-refractivity contribution in [1.82, 2.24) is 4.90 Å². The molecule has 13 heteroatoms. The highest BCUT2D eigenvalue weighted by atomic mass is 79.9. The van der Waals surface area contributed by atoms with Crippen molar-refractivity contribution in [1.29, 1.82) is 0 Å². The number of imide groups is 4. The van der Waals surface area contributed by atoms with E-state index in [4.69, 9.17) is 28.9 Å². The maximum absolute atomic E-state index is 14.2. The number of hydrogen-bond acceptors (Lipinski definition) is 6. The Morgan fingerprint density at radius 2 is 1.70 bits per heavy atom. The van der Waals surface area contributed by atoms with Crippen molar-refractivity contribution in [3.8, 4) is 5.75 Å². The normalized spacial score (nSPS) is 33.0. The molecule has 2 aromatic rings. The number of fused-ring (bicyclic) bond motifs is 4. The number of aromatic hydroxyl groups is 1. The molecule has 6 rings (SSSR count). The fourth-order valence-corrected chi connectivity index (χ4v) is 8.02. The highest BCUT2D eigenvalue weighted by Gasteiger charge is 2.77. The molecule has 40 heavy (non-hydrogen) atoms. The summed E-state index contributed by atoms with van der Waals surface area (Å²) in [5.41, 5.74) is 5.95. The Balaban J connectivity index is 1.59. The molecule has 1 saturated carbocycles. The van der Waals surface area contributed by atoms with Crippen LogP contribution >= 0.6 is 39.1 Å². The number of halogens is 4. The second-order valence-corrected chi connectivity index (χ2v) is 12.5. The lowest BCUT2D eigenvalue weighted by molar-refractivity contribution is -0.136. The van der Waals surface area contributed by atoms with Gasteiger partial charge < -0.3 is 10.8 Å². The number of rotatable bonds is 2. The van der Waals surface area contributed by atoms with Crippen LogP contribution in [0, 0.1) is 23.6 Å². The number of benzene rings is 2. The first kappa shape index (κ1) is 26.9. The van der Waals surface area contributed by atoms with Crippen LogP contribution in [0.25, 0.3) is 0 Å². The lowest BCUT2D eigenvalue weighted by Gasteiger charge is -2.50. The SMILES string of the molecule is NC(=O)N1C(=O)[C@H]2[C@H](CC=C3[C@H]2C[C@@]2(Cl)C(=O)N(c4ccc(F)cc4)C(=O)[C@@]2(Cl)[C@H]3c2cc(Br)ccc2O)C1=O. The van der Waals surface area contributed by atoms with Crippen molar-refractivity contribution < 1.29 is 33.5 Å². The summed E-state index contributed by atoms with van der Waals surface area (Å²) < 4.78 is 14.2. The van der Waals surface area contributed by atoms with Crippen LogP contribution in [-0.4, -0.2) is 49.4 Å². The van der Waals surface area contributed by atoms with Crippen molar-refractivity contribution in [3.05, 3.63) is 70.0 Å². The van der Waals surface area contributed by atoms with Crippen LogP contribution in [0.3, 0.4) is 0 Å². The zero-order valence-electron chi connectivity index (χ0n) is 20.3. The summed E-state index contributed by atoms with van der Waals surface area (Å²) >= 11 is 17.7. The summed E-state index contributed by atoms with van der Waals surface area (Å²) in [5.74, 6) is -8.38. The third kappa shape index (κ3) is 3.34. The minimum Gasteiger partial charge on any atom is -0.508 e. The Morgan fingerprint density at radius 3 is 2.35 bits per heavy atom. The minimum atomic E-state index is -2.19. The number of alkyl halides is 2. The standard InChI is InChI=1S/C27H19BrCl2FN3O6/c28-11-1-8-18(35)16(9-11)20-14-6-7-15-19(22(37)34(21(15)36)25(32)40)17(14)10-26(29)23(38)33(24(39)27(20,26)30)13-4-2-12(31)3-5-13/h1-6,8-9,15,17,19-20,35H,7,10H2,(H2,32,40)/t15-,17+,19-,20+,26+,27-/m0/s1. The van der Waals surface area contributed by atoms with Gasteiger partial charge in [0, 0.05) is 16.0 Å². The maximum atomic E-state index is 14.2. The molecule has 2 saturated heterocycles. The van der Waals surface area contributed by atoms with Crippen molar-refractivity contribution in [2.24, 2.45) is 23.5 Å². The Labute approximate surface area is 244 Å². The summed E-state index contributed by atoms with van der Waals surface area (Å²) in [6.45, 7) is 0. The van der Waals surface area contributed by atoms with Gasteiger partial charge in [0.05, 0.1) is 17.5 Å². The van der Waals surface area contributed by atoms with Gasteiger partial charge >= 0.3 is 6.03 Å². The van der Waals surface area contributed by atoms with Crippen LogP contribution in [0.5, 0.6) is 5.75 Å². The third-order valence-electron chi connectivity index (χ3n) is 8.42. The van der Waals surface area contributed by atoms with E-state index in [-0.39, 0.29) is 29.8 Å². The molecule has 0 radical (unpaired) electrons. The number of carbonyl (C=O) groups is 5. The maximum Gasteiger partial charge on any atom is 0.328 e. The molecule has 2 aromatic carbocycles. The first-order valence-corrected chi connectivity index (χ1v) is 13.8. The number of primary amides is 1. The van der Waals surface area contributed by atoms with Crippen LogP contribution in [0.2, 0.25) is 0 Å². The van der Waals surface area contributed by atoms with Crippen LogP contribution in [0.1, 0.15) is 24.3 Å². The molecule has 9 nitrogen and oxygen atoms in total. The van der Waals surface area contributed by atoms with Gasteiger partial charge in [-0.3, -0.25) is 19.2 Å². The predicted molar refractivity (Wildman–Crippen MR) is 144 cm³/mol. The average Bonchev–Trinajstić information content (AvgIpc) is 3.24. The molecule has 0 aromatic heterocycles. The van der Waals surface area contributed by atoms with Crippen molar-refractivity contribution in [3.63, 3.8) is 0 Å². The Kier molecular flexibility index (Phi) is 5.96. The van der Waals surface area contributed by atoms with Crippen LogP contribution < -0.4 is 10.6 Å². The number of carbonyl (C=O) groups excluding carboxylic acids is 5. The first-order chi connectivity index (χ1) is 18.8. The number of nitrogens with two attached hydrogens (primary N) is 1. The molecule has 4 aliphatic rings. The van der Waals surface area contributed by atoms with E-state index in [1.807, 2.05) is 0 Å². The summed E-state index contributed by atoms with van der Waals surface area (Å²) in [4.78, 5) is 63.4. The van der Waals surface area contributed by atoms with Crippen LogP contribution in [0.4, 0.5) is 14.9 Å². The molecule has 0 spiro atoms. The van der Waals surface area contributed by atoms with Gasteiger partial charge in [0.15, 0.2) is 9.75 Å². The molecule has 0 bridgehead atoms. The third-order valence-corrected chi connectivity index (χ3v) is 10.3. The van der Waals surface area contributed by atoms with E-state index in [1.165, 1.54) is 24.3 Å². The lowest BCUT2D eigenvalue weighted by Crippen LogP contribution is -2.60. The zero-order chi connectivity index (χ0) is 28.9. The molecule has 3 fully saturated rings. The van der Waals surface area contributed by atoms with E-state index in [2.05, 4.69) is 15.9 Å². The quantitative estimate of drug-likeness (QED) is 0.287. The van der Waals surface area contributed by atoms with Gasteiger partial charge in [-0.05, 0) is 61.2 Å².